The molecule has 0 aliphatic carbocycles. The lowest BCUT2D eigenvalue weighted by molar-refractivity contribution is 0.322. The molecule has 0 spiro atoms. The van der Waals surface area contributed by atoms with E-state index in [1.807, 2.05) is 32.2 Å². The molecule has 0 fully saturated rings. The van der Waals surface area contributed by atoms with E-state index < -0.39 is 0 Å². The maximum Gasteiger partial charge on any atom is 0.0758 e. The van der Waals surface area contributed by atoms with Crippen molar-refractivity contribution < 1.29 is 5.21 Å². The highest BCUT2D eigenvalue weighted by atomic mass is 16.4. The van der Waals surface area contributed by atoms with Gasteiger partial charge >= 0.3 is 0 Å². The highest BCUT2D eigenvalue weighted by Gasteiger charge is 2.08. The Balaban J connectivity index is 2.87. The molecule has 0 saturated heterocycles. The highest BCUT2D eigenvalue weighted by Crippen LogP contribution is 2.22. The zero-order chi connectivity index (χ0) is 10.1. The molecule has 0 bridgehead atoms. The SMILES string of the molecule is Cc1c(/C=N\O)c2ccccc2n1C. The average molecular weight is 188 g/mol. The molecule has 0 aliphatic heterocycles. The fraction of sp³-hybridized carbons (Fsp3) is 0.182. The van der Waals surface area contributed by atoms with Gasteiger partial charge < -0.3 is 9.77 Å². The van der Waals surface area contributed by atoms with Crippen LogP contribution in [0.1, 0.15) is 11.3 Å². The van der Waals surface area contributed by atoms with Gasteiger partial charge in [0, 0.05) is 29.2 Å². The van der Waals surface area contributed by atoms with E-state index in [2.05, 4.69) is 15.8 Å². The van der Waals surface area contributed by atoms with Crippen LogP contribution in [0, 0.1) is 6.92 Å². The summed E-state index contributed by atoms with van der Waals surface area (Å²) in [5.74, 6) is 0. The smallest absolute Gasteiger partial charge is 0.0758 e. The van der Waals surface area contributed by atoms with Gasteiger partial charge in [-0.3, -0.25) is 0 Å². The number of fused-ring (bicyclic) bond motifs is 1. The summed E-state index contributed by atoms with van der Waals surface area (Å²) < 4.78 is 2.09. The lowest BCUT2D eigenvalue weighted by Crippen LogP contribution is -1.91. The van der Waals surface area contributed by atoms with Gasteiger partial charge in [0.15, 0.2) is 0 Å². The molecule has 1 aromatic carbocycles. The third-order valence-electron chi connectivity index (χ3n) is 2.64. The minimum Gasteiger partial charge on any atom is -0.411 e. The van der Waals surface area contributed by atoms with Crippen molar-refractivity contribution in [3.05, 3.63) is 35.5 Å². The molecule has 3 nitrogen and oxygen atoms in total. The molecule has 0 unspecified atom stereocenters. The predicted octanol–water partition coefficient (Wildman–Crippen LogP) is 2.29. The molecular weight excluding hydrogens is 176 g/mol. The number of oxime groups is 1. The first-order chi connectivity index (χ1) is 6.75. The summed E-state index contributed by atoms with van der Waals surface area (Å²) in [6.45, 7) is 2.01. The molecule has 2 aromatic rings. The summed E-state index contributed by atoms with van der Waals surface area (Å²) in [4.78, 5) is 0. The van der Waals surface area contributed by atoms with Gasteiger partial charge in [0.25, 0.3) is 0 Å². The van der Waals surface area contributed by atoms with Crippen LogP contribution < -0.4 is 0 Å². The Labute approximate surface area is 82.3 Å². The van der Waals surface area contributed by atoms with E-state index in [9.17, 15) is 0 Å². The van der Waals surface area contributed by atoms with Crippen LogP contribution in [0.4, 0.5) is 0 Å². The molecule has 0 saturated carbocycles. The van der Waals surface area contributed by atoms with Crippen LogP contribution in [0.5, 0.6) is 0 Å². The van der Waals surface area contributed by atoms with Crippen LogP contribution in [-0.2, 0) is 7.05 Å². The topological polar surface area (TPSA) is 37.5 Å². The Bertz CT molecular complexity index is 497. The Morgan fingerprint density at radius 1 is 1.36 bits per heavy atom. The Hall–Kier alpha value is -1.77. The summed E-state index contributed by atoms with van der Waals surface area (Å²) in [6, 6.07) is 8.06. The number of aryl methyl sites for hydroxylation is 1. The van der Waals surface area contributed by atoms with Crippen LogP contribution in [0.25, 0.3) is 10.9 Å². The first kappa shape index (κ1) is 8.81. The summed E-state index contributed by atoms with van der Waals surface area (Å²) in [5.41, 5.74) is 3.23. The van der Waals surface area contributed by atoms with Crippen molar-refractivity contribution >= 4 is 17.1 Å². The molecule has 0 atom stereocenters. The summed E-state index contributed by atoms with van der Waals surface area (Å²) in [7, 11) is 2.01. The molecule has 1 N–H and O–H groups in total. The number of hydrogen-bond donors (Lipinski definition) is 1. The molecule has 72 valence electrons. The molecule has 1 aromatic heterocycles. The highest BCUT2D eigenvalue weighted by molar-refractivity contribution is 6.00. The van der Waals surface area contributed by atoms with Crippen molar-refractivity contribution in [1.82, 2.24) is 4.57 Å². The van der Waals surface area contributed by atoms with E-state index in [4.69, 9.17) is 5.21 Å². The average Bonchev–Trinajstić information content (AvgIpc) is 2.45. The van der Waals surface area contributed by atoms with Crippen LogP contribution in [0.2, 0.25) is 0 Å². The molecule has 0 radical (unpaired) electrons. The van der Waals surface area contributed by atoms with E-state index in [0.29, 0.717) is 0 Å². The van der Waals surface area contributed by atoms with Crippen molar-refractivity contribution in [1.29, 1.82) is 0 Å². The van der Waals surface area contributed by atoms with Gasteiger partial charge in [0.05, 0.1) is 6.21 Å². The molecule has 14 heavy (non-hydrogen) atoms. The van der Waals surface area contributed by atoms with E-state index in [0.717, 1.165) is 22.2 Å². The van der Waals surface area contributed by atoms with Gasteiger partial charge in [-0.25, -0.2) is 0 Å². The Morgan fingerprint density at radius 2 is 2.07 bits per heavy atom. The minimum absolute atomic E-state index is 0.977. The minimum atomic E-state index is 0.977. The predicted molar refractivity (Wildman–Crippen MR) is 57.0 cm³/mol. The second-order valence-corrected chi connectivity index (χ2v) is 3.32. The van der Waals surface area contributed by atoms with Gasteiger partial charge in [-0.1, -0.05) is 23.4 Å². The van der Waals surface area contributed by atoms with Gasteiger partial charge in [0.1, 0.15) is 0 Å². The largest absolute Gasteiger partial charge is 0.411 e. The number of nitrogens with zero attached hydrogens (tertiary/aromatic N) is 2. The molecule has 0 amide bonds. The normalized spacial score (nSPS) is 11.6. The van der Waals surface area contributed by atoms with Gasteiger partial charge in [0.2, 0.25) is 0 Å². The maximum absolute atomic E-state index is 8.57. The van der Waals surface area contributed by atoms with Gasteiger partial charge in [-0.05, 0) is 13.0 Å². The van der Waals surface area contributed by atoms with E-state index in [-0.39, 0.29) is 0 Å². The molecule has 3 heteroatoms. The first-order valence-electron chi connectivity index (χ1n) is 4.47. The Morgan fingerprint density at radius 3 is 2.79 bits per heavy atom. The summed E-state index contributed by atoms with van der Waals surface area (Å²) in [5, 5.41) is 12.8. The standard InChI is InChI=1S/C11H12N2O/c1-8-10(7-12-14)9-5-3-4-6-11(9)13(8)2/h3-7,14H,1-2H3/b12-7-. The van der Waals surface area contributed by atoms with Crippen molar-refractivity contribution in [2.24, 2.45) is 12.2 Å². The van der Waals surface area contributed by atoms with E-state index >= 15 is 0 Å². The third-order valence-corrected chi connectivity index (χ3v) is 2.64. The first-order valence-corrected chi connectivity index (χ1v) is 4.47. The van der Waals surface area contributed by atoms with Crippen molar-refractivity contribution in [3.63, 3.8) is 0 Å². The van der Waals surface area contributed by atoms with Crippen LogP contribution in [0.3, 0.4) is 0 Å². The third kappa shape index (κ3) is 1.09. The van der Waals surface area contributed by atoms with Crippen molar-refractivity contribution in [2.75, 3.05) is 0 Å². The number of benzene rings is 1. The zero-order valence-electron chi connectivity index (χ0n) is 8.23. The quantitative estimate of drug-likeness (QED) is 0.416. The van der Waals surface area contributed by atoms with Crippen molar-refractivity contribution in [3.8, 4) is 0 Å². The monoisotopic (exact) mass is 188 g/mol. The molecule has 0 aliphatic rings. The number of para-hydroxylation sites is 1. The summed E-state index contributed by atoms with van der Waals surface area (Å²) in [6.07, 6.45) is 1.48. The molecular formula is C11H12N2O. The van der Waals surface area contributed by atoms with E-state index in [1.54, 1.807) is 0 Å². The lowest BCUT2D eigenvalue weighted by atomic mass is 10.1. The molecule has 1 heterocycles. The van der Waals surface area contributed by atoms with Crippen LogP contribution >= 0.6 is 0 Å². The van der Waals surface area contributed by atoms with Crippen LogP contribution in [0.15, 0.2) is 29.4 Å². The number of hydrogen-bond acceptors (Lipinski definition) is 2. The number of aromatic nitrogens is 1. The second kappa shape index (κ2) is 3.18. The van der Waals surface area contributed by atoms with Gasteiger partial charge in [-0.15, -0.1) is 0 Å². The maximum atomic E-state index is 8.57. The zero-order valence-corrected chi connectivity index (χ0v) is 8.23. The summed E-state index contributed by atoms with van der Waals surface area (Å²) >= 11 is 0. The fourth-order valence-electron chi connectivity index (χ4n) is 1.77. The lowest BCUT2D eigenvalue weighted by Gasteiger charge is -1.96. The Kier molecular flexibility index (Phi) is 2.00. The fourth-order valence-corrected chi connectivity index (χ4v) is 1.77. The second-order valence-electron chi connectivity index (χ2n) is 3.32. The van der Waals surface area contributed by atoms with E-state index in [1.165, 1.54) is 6.21 Å². The number of rotatable bonds is 1. The molecule has 2 rings (SSSR count). The van der Waals surface area contributed by atoms with Crippen molar-refractivity contribution in [2.45, 2.75) is 6.92 Å². The van der Waals surface area contributed by atoms with Gasteiger partial charge in [-0.2, -0.15) is 0 Å². The van der Waals surface area contributed by atoms with Crippen LogP contribution in [-0.4, -0.2) is 16.0 Å².